The van der Waals surface area contributed by atoms with Gasteiger partial charge in [-0.05, 0) is 43.7 Å². The molecule has 0 fully saturated rings. The van der Waals surface area contributed by atoms with Gasteiger partial charge in [0.2, 0.25) is 0 Å². The second-order valence-electron chi connectivity index (χ2n) is 4.96. The fourth-order valence-electron chi connectivity index (χ4n) is 1.98. The molecule has 0 atom stereocenters. The van der Waals surface area contributed by atoms with E-state index in [2.05, 4.69) is 26.5 Å². The highest BCUT2D eigenvalue weighted by Crippen LogP contribution is 2.32. The molecule has 2 aromatic rings. The summed E-state index contributed by atoms with van der Waals surface area (Å²) in [6.07, 6.45) is 1.34. The van der Waals surface area contributed by atoms with E-state index in [1.165, 1.54) is 6.21 Å². The molecule has 2 rings (SSSR count). The van der Waals surface area contributed by atoms with Crippen LogP contribution in [0.15, 0.2) is 39.9 Å². The Bertz CT molecular complexity index is 794. The zero-order valence-corrected chi connectivity index (χ0v) is 15.5. The lowest BCUT2D eigenvalue weighted by Crippen LogP contribution is -2.18. The van der Waals surface area contributed by atoms with Crippen LogP contribution in [0.4, 0.5) is 0 Å². The number of hydrazone groups is 1. The van der Waals surface area contributed by atoms with Gasteiger partial charge < -0.3 is 9.84 Å². The Labute approximate surface area is 153 Å². The van der Waals surface area contributed by atoms with Crippen molar-refractivity contribution >= 4 is 39.7 Å². The molecule has 1 amide bonds. The molecule has 0 spiro atoms. The van der Waals surface area contributed by atoms with Crippen LogP contribution in [-0.4, -0.2) is 23.8 Å². The van der Waals surface area contributed by atoms with Gasteiger partial charge in [-0.3, -0.25) is 4.79 Å². The molecule has 0 saturated carbocycles. The van der Waals surface area contributed by atoms with Crippen LogP contribution >= 0.6 is 27.5 Å². The normalized spacial score (nSPS) is 10.8. The number of aromatic hydroxyl groups is 1. The molecule has 0 aliphatic heterocycles. The van der Waals surface area contributed by atoms with Crippen molar-refractivity contribution in [1.82, 2.24) is 5.43 Å². The molecule has 0 bridgehead atoms. The molecule has 0 unspecified atom stereocenters. The van der Waals surface area contributed by atoms with Crippen molar-refractivity contribution in [2.75, 3.05) is 6.61 Å². The summed E-state index contributed by atoms with van der Waals surface area (Å²) >= 11 is 9.38. The van der Waals surface area contributed by atoms with Gasteiger partial charge in [0.1, 0.15) is 0 Å². The largest absolute Gasteiger partial charge is 0.504 e. The van der Waals surface area contributed by atoms with Crippen molar-refractivity contribution in [2.24, 2.45) is 5.10 Å². The van der Waals surface area contributed by atoms with Crippen LogP contribution in [0.3, 0.4) is 0 Å². The minimum atomic E-state index is -0.434. The average Bonchev–Trinajstić information content (AvgIpc) is 2.51. The molecule has 5 nitrogen and oxygen atoms in total. The van der Waals surface area contributed by atoms with E-state index in [4.69, 9.17) is 16.3 Å². The van der Waals surface area contributed by atoms with Gasteiger partial charge in [-0.25, -0.2) is 5.43 Å². The van der Waals surface area contributed by atoms with Crippen molar-refractivity contribution in [2.45, 2.75) is 13.8 Å². The summed E-state index contributed by atoms with van der Waals surface area (Å²) in [4.78, 5) is 12.1. The van der Waals surface area contributed by atoms with Gasteiger partial charge in [-0.2, -0.15) is 5.10 Å². The number of halogens is 2. The third-order valence-electron chi connectivity index (χ3n) is 3.11. The SMILES string of the molecule is CCOc1cc(Br)cc(/C=N\NC(=O)c2ccc(C)cc2Cl)c1O. The summed E-state index contributed by atoms with van der Waals surface area (Å²) in [5, 5.41) is 14.3. The number of aryl methyl sites for hydroxylation is 1. The second-order valence-corrected chi connectivity index (χ2v) is 6.28. The number of nitrogens with one attached hydrogen (secondary N) is 1. The van der Waals surface area contributed by atoms with Gasteiger partial charge in [0.05, 0.1) is 23.4 Å². The Morgan fingerprint density at radius 2 is 2.17 bits per heavy atom. The number of hydrogen-bond acceptors (Lipinski definition) is 4. The summed E-state index contributed by atoms with van der Waals surface area (Å²) < 4.78 is 6.06. The van der Waals surface area contributed by atoms with E-state index in [0.717, 1.165) is 10.0 Å². The maximum absolute atomic E-state index is 12.1. The lowest BCUT2D eigenvalue weighted by molar-refractivity contribution is 0.0955. The van der Waals surface area contributed by atoms with Gasteiger partial charge in [-0.15, -0.1) is 0 Å². The Morgan fingerprint density at radius 3 is 2.83 bits per heavy atom. The lowest BCUT2D eigenvalue weighted by Gasteiger charge is -2.08. The number of hydrogen-bond donors (Lipinski definition) is 2. The minimum absolute atomic E-state index is 0.0496. The zero-order valence-electron chi connectivity index (χ0n) is 13.1. The topological polar surface area (TPSA) is 70.9 Å². The highest BCUT2D eigenvalue weighted by atomic mass is 79.9. The first-order valence-electron chi connectivity index (χ1n) is 7.17. The molecule has 0 radical (unpaired) electrons. The van der Waals surface area contributed by atoms with Crippen LogP contribution in [0, 0.1) is 6.92 Å². The Morgan fingerprint density at radius 1 is 1.42 bits per heavy atom. The van der Waals surface area contributed by atoms with Crippen LogP contribution in [0.25, 0.3) is 0 Å². The van der Waals surface area contributed by atoms with E-state index in [-0.39, 0.29) is 5.75 Å². The molecule has 2 aromatic carbocycles. The summed E-state index contributed by atoms with van der Waals surface area (Å²) in [7, 11) is 0. The monoisotopic (exact) mass is 410 g/mol. The molecular formula is C17H16BrClN2O3. The first kappa shape index (κ1) is 18.3. The second kappa shape index (κ2) is 8.17. The number of benzene rings is 2. The number of phenols is 1. The minimum Gasteiger partial charge on any atom is -0.504 e. The summed E-state index contributed by atoms with van der Waals surface area (Å²) in [5.41, 5.74) is 4.08. The van der Waals surface area contributed by atoms with E-state index >= 15 is 0 Å². The van der Waals surface area contributed by atoms with Crippen LogP contribution in [0.1, 0.15) is 28.4 Å². The fourth-order valence-corrected chi connectivity index (χ4v) is 2.76. The third kappa shape index (κ3) is 4.49. The number of rotatable bonds is 5. The highest BCUT2D eigenvalue weighted by Gasteiger charge is 2.11. The molecule has 0 aromatic heterocycles. The predicted octanol–water partition coefficient (Wildman–Crippen LogP) is 4.28. The van der Waals surface area contributed by atoms with E-state index in [9.17, 15) is 9.90 Å². The first-order chi connectivity index (χ1) is 11.4. The first-order valence-corrected chi connectivity index (χ1v) is 8.34. The number of nitrogens with zero attached hydrogens (tertiary/aromatic N) is 1. The van der Waals surface area contributed by atoms with Crippen LogP contribution in [-0.2, 0) is 0 Å². The van der Waals surface area contributed by atoms with Crippen molar-refractivity contribution < 1.29 is 14.6 Å². The number of carbonyl (C=O) groups excluding carboxylic acids is 1. The number of phenolic OH excluding ortho intramolecular Hbond substituents is 1. The zero-order chi connectivity index (χ0) is 17.7. The van der Waals surface area contributed by atoms with Gasteiger partial charge in [0.15, 0.2) is 11.5 Å². The van der Waals surface area contributed by atoms with Crippen molar-refractivity contribution in [3.63, 3.8) is 0 Å². The van der Waals surface area contributed by atoms with Crippen molar-refractivity contribution in [3.8, 4) is 11.5 Å². The number of amides is 1. The van der Waals surface area contributed by atoms with Gasteiger partial charge in [0.25, 0.3) is 5.91 Å². The lowest BCUT2D eigenvalue weighted by atomic mass is 10.1. The quantitative estimate of drug-likeness (QED) is 0.570. The predicted molar refractivity (Wildman–Crippen MR) is 98.2 cm³/mol. The van der Waals surface area contributed by atoms with E-state index < -0.39 is 5.91 Å². The van der Waals surface area contributed by atoms with Crippen LogP contribution < -0.4 is 10.2 Å². The van der Waals surface area contributed by atoms with E-state index in [1.54, 1.807) is 30.3 Å². The van der Waals surface area contributed by atoms with Crippen molar-refractivity contribution in [1.29, 1.82) is 0 Å². The van der Waals surface area contributed by atoms with E-state index in [1.807, 2.05) is 13.8 Å². The third-order valence-corrected chi connectivity index (χ3v) is 3.88. The molecule has 7 heteroatoms. The molecular weight excluding hydrogens is 396 g/mol. The summed E-state index contributed by atoms with van der Waals surface area (Å²) in [6, 6.07) is 8.44. The van der Waals surface area contributed by atoms with Crippen LogP contribution in [0.5, 0.6) is 11.5 Å². The maximum atomic E-state index is 12.1. The smallest absolute Gasteiger partial charge is 0.272 e. The van der Waals surface area contributed by atoms with Crippen molar-refractivity contribution in [3.05, 3.63) is 56.5 Å². The standard InChI is InChI=1S/C17H16BrClN2O3/c1-3-24-15-8-12(18)7-11(16(15)22)9-20-21-17(23)13-5-4-10(2)6-14(13)19/h4-9,22H,3H2,1-2H3,(H,21,23)/b20-9-. The molecule has 2 N–H and O–H groups in total. The van der Waals surface area contributed by atoms with E-state index in [0.29, 0.717) is 28.5 Å². The molecule has 0 aliphatic rings. The maximum Gasteiger partial charge on any atom is 0.272 e. The summed E-state index contributed by atoms with van der Waals surface area (Å²) in [5.74, 6) is -0.150. The molecule has 24 heavy (non-hydrogen) atoms. The van der Waals surface area contributed by atoms with Gasteiger partial charge >= 0.3 is 0 Å². The average molecular weight is 412 g/mol. The Kier molecular flexibility index (Phi) is 6.23. The van der Waals surface area contributed by atoms with Gasteiger partial charge in [-0.1, -0.05) is 33.6 Å². The summed E-state index contributed by atoms with van der Waals surface area (Å²) in [6.45, 7) is 4.13. The molecule has 0 saturated heterocycles. The number of ether oxygens (including phenoxy) is 1. The van der Waals surface area contributed by atoms with Gasteiger partial charge in [0, 0.05) is 10.0 Å². The fraction of sp³-hybridized carbons (Fsp3) is 0.176. The number of carbonyl (C=O) groups is 1. The Hall–Kier alpha value is -2.05. The molecule has 0 aliphatic carbocycles. The Balaban J connectivity index is 2.15. The van der Waals surface area contributed by atoms with Crippen LogP contribution in [0.2, 0.25) is 5.02 Å². The molecule has 0 heterocycles. The highest BCUT2D eigenvalue weighted by molar-refractivity contribution is 9.10. The molecule has 126 valence electrons.